The molecular formula is C19H19F4N3O5. The van der Waals surface area contributed by atoms with Crippen LogP contribution >= 0.6 is 0 Å². The van der Waals surface area contributed by atoms with Gasteiger partial charge in [0, 0.05) is 6.07 Å². The molecule has 0 amide bonds. The predicted octanol–water partition coefficient (Wildman–Crippen LogP) is 2.84. The van der Waals surface area contributed by atoms with E-state index in [0.29, 0.717) is 5.56 Å². The number of benzene rings is 2. The Morgan fingerprint density at radius 3 is 2.32 bits per heavy atom. The number of carbonyl (C=O) groups excluding carboxylic acids is 1. The van der Waals surface area contributed by atoms with Crippen molar-refractivity contribution in [3.05, 3.63) is 65.4 Å². The average Bonchev–Trinajstić information content (AvgIpc) is 2.69. The molecule has 8 nitrogen and oxygen atoms in total. The van der Waals surface area contributed by atoms with Crippen LogP contribution in [0, 0.1) is 5.82 Å². The Morgan fingerprint density at radius 2 is 1.74 bits per heavy atom. The molecule has 0 heterocycles. The SMILES string of the molecule is CCOC(=O)/C(NN)=C(/N)Oc1ccc(F)c(OCc2ccc(OC(F)(F)F)cc2)c1. The largest absolute Gasteiger partial charge is 0.573 e. The van der Waals surface area contributed by atoms with Gasteiger partial charge in [0.05, 0.1) is 6.61 Å². The Labute approximate surface area is 174 Å². The summed E-state index contributed by atoms with van der Waals surface area (Å²) >= 11 is 0. The van der Waals surface area contributed by atoms with E-state index in [0.717, 1.165) is 18.2 Å². The van der Waals surface area contributed by atoms with Crippen molar-refractivity contribution in [1.29, 1.82) is 0 Å². The van der Waals surface area contributed by atoms with Gasteiger partial charge in [0.15, 0.2) is 17.3 Å². The van der Waals surface area contributed by atoms with E-state index in [4.69, 9.17) is 25.8 Å². The maximum absolute atomic E-state index is 14.0. The number of esters is 1. The maximum Gasteiger partial charge on any atom is 0.573 e. The molecular weight excluding hydrogens is 426 g/mol. The molecule has 0 saturated heterocycles. The number of ether oxygens (including phenoxy) is 4. The molecule has 0 fully saturated rings. The van der Waals surface area contributed by atoms with Gasteiger partial charge >= 0.3 is 12.3 Å². The molecule has 0 atom stereocenters. The Morgan fingerprint density at radius 1 is 1.10 bits per heavy atom. The summed E-state index contributed by atoms with van der Waals surface area (Å²) in [5.74, 6) is 2.66. The minimum Gasteiger partial charge on any atom is -0.486 e. The number of alkyl halides is 3. The van der Waals surface area contributed by atoms with Crippen LogP contribution in [-0.2, 0) is 16.1 Å². The lowest BCUT2D eigenvalue weighted by Crippen LogP contribution is -2.32. The number of carbonyl (C=O) groups is 1. The molecule has 0 unspecified atom stereocenters. The zero-order valence-corrected chi connectivity index (χ0v) is 16.2. The van der Waals surface area contributed by atoms with Gasteiger partial charge in [-0.05, 0) is 36.8 Å². The van der Waals surface area contributed by atoms with Crippen LogP contribution in [0.15, 0.2) is 54.0 Å². The van der Waals surface area contributed by atoms with E-state index in [9.17, 15) is 22.4 Å². The first kappa shape index (κ1) is 23.6. The molecule has 0 aliphatic rings. The fraction of sp³-hybridized carbons (Fsp3) is 0.211. The number of nitrogens with two attached hydrogens (primary N) is 2. The van der Waals surface area contributed by atoms with Gasteiger partial charge in [-0.2, -0.15) is 0 Å². The molecule has 2 aromatic carbocycles. The third kappa shape index (κ3) is 7.26. The zero-order valence-electron chi connectivity index (χ0n) is 16.2. The number of hydrogen-bond acceptors (Lipinski definition) is 8. The third-order valence-corrected chi connectivity index (χ3v) is 3.55. The monoisotopic (exact) mass is 445 g/mol. The second kappa shape index (κ2) is 10.4. The Kier molecular flexibility index (Phi) is 7.91. The molecule has 0 saturated carbocycles. The lowest BCUT2D eigenvalue weighted by molar-refractivity contribution is -0.274. The number of nitrogens with one attached hydrogen (secondary N) is 1. The molecule has 0 spiro atoms. The number of hydrogen-bond donors (Lipinski definition) is 3. The van der Waals surface area contributed by atoms with E-state index in [2.05, 4.69) is 10.2 Å². The quantitative estimate of drug-likeness (QED) is 0.135. The highest BCUT2D eigenvalue weighted by molar-refractivity contribution is 5.88. The van der Waals surface area contributed by atoms with Crippen LogP contribution in [0.2, 0.25) is 0 Å². The van der Waals surface area contributed by atoms with Gasteiger partial charge < -0.3 is 30.1 Å². The van der Waals surface area contributed by atoms with Gasteiger partial charge in [0.2, 0.25) is 5.88 Å². The summed E-state index contributed by atoms with van der Waals surface area (Å²) in [6.45, 7) is 1.51. The van der Waals surface area contributed by atoms with Crippen molar-refractivity contribution in [2.24, 2.45) is 11.6 Å². The normalized spacial score (nSPS) is 11.9. The van der Waals surface area contributed by atoms with Crippen LogP contribution in [-0.4, -0.2) is 18.9 Å². The minimum absolute atomic E-state index is 0.0277. The van der Waals surface area contributed by atoms with Crippen molar-refractivity contribution < 1.29 is 41.3 Å². The lowest BCUT2D eigenvalue weighted by Gasteiger charge is -2.13. The fourth-order valence-corrected chi connectivity index (χ4v) is 2.22. The molecule has 0 aliphatic heterocycles. The smallest absolute Gasteiger partial charge is 0.486 e. The van der Waals surface area contributed by atoms with Gasteiger partial charge in [0.25, 0.3) is 0 Å². The van der Waals surface area contributed by atoms with Crippen LogP contribution < -0.4 is 31.2 Å². The summed E-state index contributed by atoms with van der Waals surface area (Å²) in [6.07, 6.45) is -4.80. The highest BCUT2D eigenvalue weighted by atomic mass is 19.4. The topological polar surface area (TPSA) is 118 Å². The third-order valence-electron chi connectivity index (χ3n) is 3.55. The molecule has 12 heteroatoms. The molecule has 0 aromatic heterocycles. The van der Waals surface area contributed by atoms with Gasteiger partial charge in [-0.15, -0.1) is 13.2 Å². The first-order valence-electron chi connectivity index (χ1n) is 8.71. The highest BCUT2D eigenvalue weighted by Crippen LogP contribution is 2.27. The second-order valence-corrected chi connectivity index (χ2v) is 5.78. The van der Waals surface area contributed by atoms with Crippen molar-refractivity contribution in [1.82, 2.24) is 5.43 Å². The molecule has 5 N–H and O–H groups in total. The minimum atomic E-state index is -4.80. The van der Waals surface area contributed by atoms with E-state index in [1.807, 2.05) is 0 Å². The van der Waals surface area contributed by atoms with Crippen LogP contribution in [0.3, 0.4) is 0 Å². The molecule has 0 bridgehead atoms. The Hall–Kier alpha value is -3.67. The van der Waals surface area contributed by atoms with Crippen molar-refractivity contribution in [2.45, 2.75) is 19.9 Å². The standard InChI is InChI=1S/C19H19F4N3O5/c1-2-28-18(27)16(26-25)17(24)30-13-7-8-14(20)15(9-13)29-10-11-3-5-12(6-4-11)31-19(21,22)23/h3-9,26H,2,10,24-25H2,1H3/b17-16+. The predicted molar refractivity (Wildman–Crippen MR) is 99.7 cm³/mol. The first-order valence-corrected chi connectivity index (χ1v) is 8.71. The number of halogens is 4. The van der Waals surface area contributed by atoms with Crippen LogP contribution in [0.1, 0.15) is 12.5 Å². The first-order chi connectivity index (χ1) is 14.6. The molecule has 2 rings (SSSR count). The molecule has 168 valence electrons. The van der Waals surface area contributed by atoms with Crippen molar-refractivity contribution in [2.75, 3.05) is 6.61 Å². The summed E-state index contributed by atoms with van der Waals surface area (Å²) in [5.41, 5.74) is 7.87. The molecule has 0 aliphatic carbocycles. The van der Waals surface area contributed by atoms with Crippen molar-refractivity contribution >= 4 is 5.97 Å². The summed E-state index contributed by atoms with van der Waals surface area (Å²) in [5, 5.41) is 0. The van der Waals surface area contributed by atoms with Crippen LogP contribution in [0.5, 0.6) is 17.2 Å². The summed E-state index contributed by atoms with van der Waals surface area (Å²) in [4.78, 5) is 11.7. The van der Waals surface area contributed by atoms with Gasteiger partial charge in [-0.25, -0.2) is 9.18 Å². The van der Waals surface area contributed by atoms with Gasteiger partial charge in [-0.3, -0.25) is 5.84 Å². The van der Waals surface area contributed by atoms with E-state index in [1.54, 1.807) is 6.92 Å². The van der Waals surface area contributed by atoms with E-state index >= 15 is 0 Å². The number of hydrazine groups is 1. The fourth-order valence-electron chi connectivity index (χ4n) is 2.22. The summed E-state index contributed by atoms with van der Waals surface area (Å²) < 4.78 is 69.8. The van der Waals surface area contributed by atoms with E-state index in [1.165, 1.54) is 24.3 Å². The Balaban J connectivity index is 2.08. The van der Waals surface area contributed by atoms with Crippen molar-refractivity contribution in [3.63, 3.8) is 0 Å². The van der Waals surface area contributed by atoms with Gasteiger partial charge in [-0.1, -0.05) is 12.1 Å². The van der Waals surface area contributed by atoms with Crippen LogP contribution in [0.4, 0.5) is 17.6 Å². The molecule has 2 aromatic rings. The van der Waals surface area contributed by atoms with E-state index < -0.39 is 29.8 Å². The van der Waals surface area contributed by atoms with Gasteiger partial charge in [0.1, 0.15) is 18.1 Å². The van der Waals surface area contributed by atoms with Crippen LogP contribution in [0.25, 0.3) is 0 Å². The number of rotatable bonds is 9. The molecule has 0 radical (unpaired) electrons. The average molecular weight is 445 g/mol. The highest BCUT2D eigenvalue weighted by Gasteiger charge is 2.30. The second-order valence-electron chi connectivity index (χ2n) is 5.78. The molecule has 31 heavy (non-hydrogen) atoms. The van der Waals surface area contributed by atoms with E-state index in [-0.39, 0.29) is 30.4 Å². The Bertz CT molecular complexity index is 933. The van der Waals surface area contributed by atoms with Crippen molar-refractivity contribution in [3.8, 4) is 17.2 Å². The maximum atomic E-state index is 14.0. The zero-order chi connectivity index (χ0) is 23.0. The lowest BCUT2D eigenvalue weighted by atomic mass is 10.2. The summed E-state index contributed by atoms with van der Waals surface area (Å²) in [7, 11) is 0. The summed E-state index contributed by atoms with van der Waals surface area (Å²) in [6, 6.07) is 8.31.